The molecule has 0 radical (unpaired) electrons. The molecule has 116 valence electrons. The van der Waals surface area contributed by atoms with Gasteiger partial charge in [-0.05, 0) is 36.2 Å². The standard InChI is InChI=1S/C19H17NO3/c1-14-10-20(19-12-21-13-23-19)18-8-7-16(9-17(14)18)22-11-15-5-3-2-4-6-15/h2-10,12H,11,13H2,1H3. The largest absolute Gasteiger partial charge is 0.489 e. The molecular formula is C19H17NO3. The third kappa shape index (κ3) is 2.63. The Morgan fingerprint density at radius 2 is 2.00 bits per heavy atom. The van der Waals surface area contributed by atoms with E-state index in [-0.39, 0.29) is 6.79 Å². The van der Waals surface area contributed by atoms with Gasteiger partial charge in [-0.1, -0.05) is 30.3 Å². The van der Waals surface area contributed by atoms with E-state index in [1.165, 1.54) is 5.56 Å². The van der Waals surface area contributed by atoms with Crippen LogP contribution in [0.15, 0.2) is 61.0 Å². The predicted octanol–water partition coefficient (Wildman–Crippen LogP) is 4.29. The average molecular weight is 307 g/mol. The first kappa shape index (κ1) is 13.8. The van der Waals surface area contributed by atoms with Gasteiger partial charge in [-0.2, -0.15) is 0 Å². The summed E-state index contributed by atoms with van der Waals surface area (Å²) in [4.78, 5) is 0. The highest BCUT2D eigenvalue weighted by molar-refractivity contribution is 5.87. The zero-order valence-corrected chi connectivity index (χ0v) is 12.9. The SMILES string of the molecule is Cc1cn(C2=COCO2)c2ccc(OCc3ccccc3)cc12. The molecule has 1 aliphatic rings. The van der Waals surface area contributed by atoms with Gasteiger partial charge >= 0.3 is 0 Å². The number of hydrogen-bond acceptors (Lipinski definition) is 3. The Kier molecular flexibility index (Phi) is 3.42. The van der Waals surface area contributed by atoms with E-state index in [1.54, 1.807) is 6.26 Å². The molecule has 2 heterocycles. The second-order valence-electron chi connectivity index (χ2n) is 5.52. The van der Waals surface area contributed by atoms with Crippen molar-refractivity contribution in [2.75, 3.05) is 6.79 Å². The summed E-state index contributed by atoms with van der Waals surface area (Å²) in [6.07, 6.45) is 3.69. The Hall–Kier alpha value is -2.88. The Morgan fingerprint density at radius 3 is 2.78 bits per heavy atom. The number of aromatic nitrogens is 1. The first-order valence-corrected chi connectivity index (χ1v) is 7.55. The Balaban J connectivity index is 1.62. The highest BCUT2D eigenvalue weighted by atomic mass is 16.7. The van der Waals surface area contributed by atoms with E-state index < -0.39 is 0 Å². The van der Waals surface area contributed by atoms with E-state index in [9.17, 15) is 0 Å². The van der Waals surface area contributed by atoms with Crippen molar-refractivity contribution in [2.24, 2.45) is 0 Å². The summed E-state index contributed by atoms with van der Waals surface area (Å²) in [5.41, 5.74) is 3.40. The van der Waals surface area contributed by atoms with Crippen molar-refractivity contribution in [1.29, 1.82) is 0 Å². The maximum absolute atomic E-state index is 5.91. The molecule has 0 bridgehead atoms. The van der Waals surface area contributed by atoms with Crippen LogP contribution >= 0.6 is 0 Å². The summed E-state index contributed by atoms with van der Waals surface area (Å²) in [7, 11) is 0. The normalized spacial score (nSPS) is 13.5. The van der Waals surface area contributed by atoms with Crippen molar-refractivity contribution in [2.45, 2.75) is 13.5 Å². The predicted molar refractivity (Wildman–Crippen MR) is 88.8 cm³/mol. The van der Waals surface area contributed by atoms with Crippen LogP contribution < -0.4 is 4.74 Å². The molecule has 0 spiro atoms. The summed E-state index contributed by atoms with van der Waals surface area (Å²) >= 11 is 0. The van der Waals surface area contributed by atoms with Gasteiger partial charge in [-0.25, -0.2) is 0 Å². The maximum atomic E-state index is 5.91. The van der Waals surface area contributed by atoms with Gasteiger partial charge in [0.2, 0.25) is 12.7 Å². The van der Waals surface area contributed by atoms with Crippen LogP contribution in [0.2, 0.25) is 0 Å². The topological polar surface area (TPSA) is 32.6 Å². The van der Waals surface area contributed by atoms with Gasteiger partial charge < -0.3 is 14.2 Å². The van der Waals surface area contributed by atoms with Crippen LogP contribution in [0.5, 0.6) is 5.75 Å². The van der Waals surface area contributed by atoms with Gasteiger partial charge in [0, 0.05) is 11.6 Å². The second-order valence-corrected chi connectivity index (χ2v) is 5.52. The van der Waals surface area contributed by atoms with E-state index in [1.807, 2.05) is 41.1 Å². The molecule has 0 saturated heterocycles. The number of nitrogens with zero attached hydrogens (tertiary/aromatic N) is 1. The smallest absolute Gasteiger partial charge is 0.237 e. The van der Waals surface area contributed by atoms with Gasteiger partial charge in [-0.15, -0.1) is 0 Å². The van der Waals surface area contributed by atoms with Crippen LogP contribution in [0.3, 0.4) is 0 Å². The monoisotopic (exact) mass is 307 g/mol. The van der Waals surface area contributed by atoms with Crippen LogP contribution in [0.4, 0.5) is 0 Å². The molecule has 23 heavy (non-hydrogen) atoms. The second kappa shape index (κ2) is 5.72. The lowest BCUT2D eigenvalue weighted by molar-refractivity contribution is 0.0963. The number of ether oxygens (including phenoxy) is 3. The van der Waals surface area contributed by atoms with Gasteiger partial charge in [-0.3, -0.25) is 4.57 Å². The molecule has 0 unspecified atom stereocenters. The lowest BCUT2D eigenvalue weighted by Gasteiger charge is -2.08. The molecule has 0 saturated carbocycles. The number of hydrogen-bond donors (Lipinski definition) is 0. The summed E-state index contributed by atoms with van der Waals surface area (Å²) in [6.45, 7) is 2.91. The van der Waals surface area contributed by atoms with Crippen molar-refractivity contribution in [3.63, 3.8) is 0 Å². The fourth-order valence-electron chi connectivity index (χ4n) is 2.75. The molecule has 0 N–H and O–H groups in total. The summed E-state index contributed by atoms with van der Waals surface area (Å²) < 4.78 is 18.5. The molecule has 4 rings (SSSR count). The van der Waals surface area contributed by atoms with Crippen LogP contribution in [0.25, 0.3) is 16.8 Å². The lowest BCUT2D eigenvalue weighted by atomic mass is 10.2. The first-order valence-electron chi connectivity index (χ1n) is 7.55. The molecule has 0 aliphatic carbocycles. The van der Waals surface area contributed by atoms with E-state index in [2.05, 4.69) is 25.1 Å². The zero-order valence-electron chi connectivity index (χ0n) is 12.9. The summed E-state index contributed by atoms with van der Waals surface area (Å²) in [5.74, 6) is 1.57. The number of fused-ring (bicyclic) bond motifs is 1. The molecule has 1 aromatic heterocycles. The average Bonchev–Trinajstić information content (AvgIpc) is 3.22. The highest BCUT2D eigenvalue weighted by Crippen LogP contribution is 2.29. The van der Waals surface area contributed by atoms with E-state index in [4.69, 9.17) is 14.2 Å². The molecule has 0 atom stereocenters. The molecule has 3 aromatic rings. The molecule has 0 amide bonds. The fourth-order valence-corrected chi connectivity index (χ4v) is 2.75. The summed E-state index contributed by atoms with van der Waals surface area (Å²) in [5, 5.41) is 1.15. The third-order valence-corrected chi connectivity index (χ3v) is 3.92. The minimum Gasteiger partial charge on any atom is -0.489 e. The zero-order chi connectivity index (χ0) is 15.6. The molecule has 4 heteroatoms. The number of benzene rings is 2. The van der Waals surface area contributed by atoms with Crippen molar-refractivity contribution in [3.05, 3.63) is 72.1 Å². The number of rotatable bonds is 4. The molecular weight excluding hydrogens is 290 g/mol. The van der Waals surface area contributed by atoms with Crippen molar-refractivity contribution in [3.8, 4) is 5.75 Å². The van der Waals surface area contributed by atoms with Crippen molar-refractivity contribution < 1.29 is 14.2 Å². The first-order chi connectivity index (χ1) is 11.3. The van der Waals surface area contributed by atoms with Crippen molar-refractivity contribution >= 4 is 16.8 Å². The minimum atomic E-state index is 0.270. The van der Waals surface area contributed by atoms with Gasteiger partial charge in [0.1, 0.15) is 18.6 Å². The Labute approximate surface area is 134 Å². The molecule has 2 aromatic carbocycles. The van der Waals surface area contributed by atoms with Crippen LogP contribution in [-0.4, -0.2) is 11.4 Å². The summed E-state index contributed by atoms with van der Waals surface area (Å²) in [6, 6.07) is 16.3. The fraction of sp³-hybridized carbons (Fsp3) is 0.158. The Morgan fingerprint density at radius 1 is 1.13 bits per heavy atom. The maximum Gasteiger partial charge on any atom is 0.237 e. The van der Waals surface area contributed by atoms with Crippen LogP contribution in [0.1, 0.15) is 11.1 Å². The van der Waals surface area contributed by atoms with E-state index in [0.29, 0.717) is 12.5 Å². The third-order valence-electron chi connectivity index (χ3n) is 3.92. The van der Waals surface area contributed by atoms with E-state index in [0.717, 1.165) is 22.2 Å². The molecule has 1 aliphatic heterocycles. The van der Waals surface area contributed by atoms with Gasteiger partial charge in [0.05, 0.1) is 5.52 Å². The van der Waals surface area contributed by atoms with Crippen molar-refractivity contribution in [1.82, 2.24) is 4.57 Å². The highest BCUT2D eigenvalue weighted by Gasteiger charge is 2.14. The minimum absolute atomic E-state index is 0.270. The number of aryl methyl sites for hydroxylation is 1. The quantitative estimate of drug-likeness (QED) is 0.721. The molecule has 0 fully saturated rings. The van der Waals surface area contributed by atoms with Gasteiger partial charge in [0.15, 0.2) is 0 Å². The Bertz CT molecular complexity index is 865. The van der Waals surface area contributed by atoms with Crippen LogP contribution in [0, 0.1) is 6.92 Å². The van der Waals surface area contributed by atoms with Crippen LogP contribution in [-0.2, 0) is 16.1 Å². The lowest BCUT2D eigenvalue weighted by Crippen LogP contribution is -1.96. The molecule has 4 nitrogen and oxygen atoms in total. The van der Waals surface area contributed by atoms with Gasteiger partial charge in [0.25, 0.3) is 0 Å². The van der Waals surface area contributed by atoms with E-state index >= 15 is 0 Å².